The van der Waals surface area contributed by atoms with Gasteiger partial charge in [0.1, 0.15) is 0 Å². The van der Waals surface area contributed by atoms with E-state index in [0.717, 1.165) is 25.8 Å². The quantitative estimate of drug-likeness (QED) is 0.716. The minimum absolute atomic E-state index is 0.0291. The van der Waals surface area contributed by atoms with E-state index in [1.807, 2.05) is 25.1 Å². The number of likely N-dealkylation sites (N-methyl/N-ethyl adjacent to an activating group) is 1. The van der Waals surface area contributed by atoms with Crippen LogP contribution in [-0.4, -0.2) is 55.1 Å². The maximum atomic E-state index is 13.1. The molecule has 5 nitrogen and oxygen atoms in total. The molecule has 1 aromatic rings. The monoisotopic (exact) mass is 389 g/mol. The van der Waals surface area contributed by atoms with Gasteiger partial charge >= 0.3 is 0 Å². The van der Waals surface area contributed by atoms with E-state index >= 15 is 0 Å². The molecule has 0 radical (unpaired) electrons. The highest BCUT2D eigenvalue weighted by Crippen LogP contribution is 2.28. The van der Waals surface area contributed by atoms with Gasteiger partial charge in [0.15, 0.2) is 0 Å². The predicted molar refractivity (Wildman–Crippen MR) is 111 cm³/mol. The fourth-order valence-electron chi connectivity index (χ4n) is 4.03. The molecule has 2 aliphatic rings. The highest BCUT2D eigenvalue weighted by molar-refractivity contribution is 8.02. The molecule has 148 valence electrons. The maximum absolute atomic E-state index is 13.1. The zero-order valence-electron chi connectivity index (χ0n) is 16.4. The molecule has 1 aromatic carbocycles. The molecule has 0 spiro atoms. The fraction of sp³-hybridized carbons (Fsp3) is 0.571. The van der Waals surface area contributed by atoms with E-state index < -0.39 is 0 Å². The first kappa shape index (κ1) is 20.2. The summed E-state index contributed by atoms with van der Waals surface area (Å²) in [4.78, 5) is 15.3. The summed E-state index contributed by atoms with van der Waals surface area (Å²) in [5.41, 5.74) is 1.23. The van der Waals surface area contributed by atoms with Crippen molar-refractivity contribution in [2.75, 3.05) is 20.7 Å². The fourth-order valence-corrected chi connectivity index (χ4v) is 5.07. The zero-order chi connectivity index (χ0) is 19.2. The van der Waals surface area contributed by atoms with Crippen molar-refractivity contribution in [2.45, 2.75) is 49.7 Å². The summed E-state index contributed by atoms with van der Waals surface area (Å²) in [5.74, 6) is -0.133. The number of rotatable bonds is 8. The lowest BCUT2D eigenvalue weighted by atomic mass is 9.95. The lowest BCUT2D eigenvalue weighted by Crippen LogP contribution is -2.52. The summed E-state index contributed by atoms with van der Waals surface area (Å²) < 4.78 is 5.71. The number of thioether (sulfide) groups is 1. The summed E-state index contributed by atoms with van der Waals surface area (Å²) in [6, 6.07) is 10.6. The van der Waals surface area contributed by atoms with Crippen molar-refractivity contribution < 1.29 is 9.53 Å². The van der Waals surface area contributed by atoms with Gasteiger partial charge in [0.2, 0.25) is 5.91 Å². The van der Waals surface area contributed by atoms with Crippen LogP contribution in [-0.2, 0) is 16.0 Å². The molecule has 0 bridgehead atoms. The number of nitrogens with one attached hydrogen (secondary N) is 2. The summed E-state index contributed by atoms with van der Waals surface area (Å²) >= 11 is 1.76. The van der Waals surface area contributed by atoms with Gasteiger partial charge in [0.25, 0.3) is 0 Å². The molecular formula is C21H31N3O2S. The minimum Gasteiger partial charge on any atom is -0.379 e. The Morgan fingerprint density at radius 3 is 2.78 bits per heavy atom. The average molecular weight is 390 g/mol. The highest BCUT2D eigenvalue weighted by atomic mass is 32.2. The Kier molecular flexibility index (Phi) is 7.21. The second-order valence-electron chi connectivity index (χ2n) is 7.47. The van der Waals surface area contributed by atoms with Crippen LogP contribution in [0.25, 0.3) is 0 Å². The Bertz CT molecular complexity index is 634. The van der Waals surface area contributed by atoms with E-state index in [4.69, 9.17) is 4.74 Å². The van der Waals surface area contributed by atoms with Gasteiger partial charge in [-0.3, -0.25) is 4.79 Å². The molecule has 2 heterocycles. The second-order valence-corrected chi connectivity index (χ2v) is 8.50. The molecule has 27 heavy (non-hydrogen) atoms. The summed E-state index contributed by atoms with van der Waals surface area (Å²) in [6.45, 7) is 2.98. The van der Waals surface area contributed by atoms with E-state index in [1.54, 1.807) is 18.9 Å². The van der Waals surface area contributed by atoms with Crippen molar-refractivity contribution in [2.24, 2.45) is 5.92 Å². The standard InChI is InChI=1S/C21H31N3O2S/c1-15(19(26-3)17-10-7-11-22-17)20(25)23-18(21-24(2)12-13-27-21)14-16-8-5-4-6-9-16/h4-6,8-9,12-13,15,17-19,21-22H,7,10-11,14H2,1-3H3,(H,23,25)/t15-,17+,18+,19-,21?/m1/s1. The maximum Gasteiger partial charge on any atom is 0.225 e. The molecule has 1 amide bonds. The van der Waals surface area contributed by atoms with Gasteiger partial charge < -0.3 is 20.3 Å². The van der Waals surface area contributed by atoms with Gasteiger partial charge in [0, 0.05) is 26.4 Å². The average Bonchev–Trinajstić information content (AvgIpc) is 3.34. The van der Waals surface area contributed by atoms with Crippen LogP contribution >= 0.6 is 11.8 Å². The Hall–Kier alpha value is -1.50. The number of methoxy groups -OCH3 is 1. The number of hydrogen-bond acceptors (Lipinski definition) is 5. The van der Waals surface area contributed by atoms with Crippen LogP contribution in [0.15, 0.2) is 41.9 Å². The van der Waals surface area contributed by atoms with Crippen molar-refractivity contribution in [3.05, 3.63) is 47.5 Å². The number of carbonyl (C=O) groups is 1. The molecule has 1 saturated heterocycles. The molecular weight excluding hydrogens is 358 g/mol. The lowest BCUT2D eigenvalue weighted by molar-refractivity contribution is -0.130. The van der Waals surface area contributed by atoms with Crippen molar-refractivity contribution in [1.82, 2.24) is 15.5 Å². The van der Waals surface area contributed by atoms with E-state index in [2.05, 4.69) is 46.3 Å². The first-order valence-electron chi connectivity index (χ1n) is 9.74. The SMILES string of the molecule is CO[C@@H]([C@@H]1CCCN1)[C@@H](C)C(=O)N[C@@H](Cc1ccccc1)C1SC=CN1C. The van der Waals surface area contributed by atoms with Gasteiger partial charge in [-0.05, 0) is 36.8 Å². The van der Waals surface area contributed by atoms with E-state index in [1.165, 1.54) is 5.56 Å². The van der Waals surface area contributed by atoms with Crippen LogP contribution in [0.3, 0.4) is 0 Å². The third-order valence-electron chi connectivity index (χ3n) is 5.56. The first-order chi connectivity index (χ1) is 13.1. The Labute approximate surface area is 166 Å². The Morgan fingerprint density at radius 1 is 1.41 bits per heavy atom. The molecule has 1 fully saturated rings. The number of hydrogen-bond donors (Lipinski definition) is 2. The van der Waals surface area contributed by atoms with Gasteiger partial charge in [0.05, 0.1) is 23.4 Å². The summed E-state index contributed by atoms with van der Waals surface area (Å²) in [6.07, 6.45) is 4.99. The Morgan fingerprint density at radius 2 is 2.19 bits per heavy atom. The van der Waals surface area contributed by atoms with Crippen LogP contribution < -0.4 is 10.6 Å². The van der Waals surface area contributed by atoms with Crippen molar-refractivity contribution in [3.8, 4) is 0 Å². The minimum atomic E-state index is -0.200. The number of benzene rings is 1. The number of ether oxygens (including phenoxy) is 1. The molecule has 0 aliphatic carbocycles. The highest BCUT2D eigenvalue weighted by Gasteiger charge is 2.35. The van der Waals surface area contributed by atoms with Gasteiger partial charge in [-0.25, -0.2) is 0 Å². The largest absolute Gasteiger partial charge is 0.379 e. The molecule has 0 aromatic heterocycles. The van der Waals surface area contributed by atoms with Crippen molar-refractivity contribution >= 4 is 17.7 Å². The van der Waals surface area contributed by atoms with Crippen LogP contribution in [0.4, 0.5) is 0 Å². The van der Waals surface area contributed by atoms with Crippen LogP contribution in [0.2, 0.25) is 0 Å². The molecule has 1 unspecified atom stereocenters. The number of amides is 1. The topological polar surface area (TPSA) is 53.6 Å². The molecule has 5 atom stereocenters. The third-order valence-corrected chi connectivity index (χ3v) is 6.78. The van der Waals surface area contributed by atoms with Crippen molar-refractivity contribution in [3.63, 3.8) is 0 Å². The van der Waals surface area contributed by atoms with Gasteiger partial charge in [-0.1, -0.05) is 37.3 Å². The van der Waals surface area contributed by atoms with Gasteiger partial charge in [-0.2, -0.15) is 0 Å². The normalized spacial score (nSPS) is 25.4. The molecule has 0 saturated carbocycles. The van der Waals surface area contributed by atoms with Crippen LogP contribution in [0.5, 0.6) is 0 Å². The summed E-state index contributed by atoms with van der Waals surface area (Å²) in [5, 5.41) is 9.09. The molecule has 2 N–H and O–H groups in total. The van der Waals surface area contributed by atoms with Crippen LogP contribution in [0, 0.1) is 5.92 Å². The third kappa shape index (κ3) is 5.06. The van der Waals surface area contributed by atoms with Gasteiger partial charge in [-0.15, -0.1) is 11.8 Å². The smallest absolute Gasteiger partial charge is 0.225 e. The first-order valence-corrected chi connectivity index (χ1v) is 10.7. The second kappa shape index (κ2) is 9.62. The lowest BCUT2D eigenvalue weighted by Gasteiger charge is -2.33. The van der Waals surface area contributed by atoms with Crippen molar-refractivity contribution in [1.29, 1.82) is 0 Å². The zero-order valence-corrected chi connectivity index (χ0v) is 17.2. The molecule has 6 heteroatoms. The van der Waals surface area contributed by atoms with E-state index in [0.29, 0.717) is 0 Å². The van der Waals surface area contributed by atoms with E-state index in [-0.39, 0.29) is 35.4 Å². The number of nitrogens with zero attached hydrogens (tertiary/aromatic N) is 1. The summed E-state index contributed by atoms with van der Waals surface area (Å²) in [7, 11) is 3.77. The molecule has 3 rings (SSSR count). The molecule has 2 aliphatic heterocycles. The number of carbonyl (C=O) groups excluding carboxylic acids is 1. The predicted octanol–water partition coefficient (Wildman–Crippen LogP) is 2.59. The van der Waals surface area contributed by atoms with Crippen LogP contribution in [0.1, 0.15) is 25.3 Å². The Balaban J connectivity index is 1.69. The van der Waals surface area contributed by atoms with E-state index in [9.17, 15) is 4.79 Å².